The Labute approximate surface area is 130 Å². The molecule has 1 fully saturated rings. The van der Waals surface area contributed by atoms with Crippen LogP contribution in [0.1, 0.15) is 47.2 Å². The summed E-state index contributed by atoms with van der Waals surface area (Å²) in [5, 5.41) is 6.71. The highest BCUT2D eigenvalue weighted by molar-refractivity contribution is 5.92. The summed E-state index contributed by atoms with van der Waals surface area (Å²) in [6, 6.07) is 6.19. The minimum Gasteiger partial charge on any atom is -0.364 e. The lowest BCUT2D eigenvalue weighted by Gasteiger charge is -2.35. The molecule has 1 atom stereocenters. The van der Waals surface area contributed by atoms with Gasteiger partial charge < -0.3 is 14.4 Å². The van der Waals surface area contributed by atoms with E-state index in [-0.39, 0.29) is 5.91 Å². The van der Waals surface area contributed by atoms with Crippen LogP contribution in [0.5, 0.6) is 0 Å². The number of aromatic nitrogens is 2. The van der Waals surface area contributed by atoms with Crippen LogP contribution in [0.4, 0.5) is 0 Å². The topological polar surface area (TPSA) is 63.3 Å². The predicted molar refractivity (Wildman–Crippen MR) is 82.3 cm³/mol. The molecule has 1 unspecified atom stereocenters. The molecule has 1 saturated heterocycles. The van der Waals surface area contributed by atoms with Crippen LogP contribution in [0.15, 0.2) is 29.0 Å². The maximum Gasteiger partial charge on any atom is 0.267 e. The van der Waals surface area contributed by atoms with Gasteiger partial charge in [-0.2, -0.15) is 0 Å². The van der Waals surface area contributed by atoms with Gasteiger partial charge in [-0.15, -0.1) is 0 Å². The van der Waals surface area contributed by atoms with Crippen LogP contribution in [-0.4, -0.2) is 34.1 Å². The van der Waals surface area contributed by atoms with E-state index in [1.165, 1.54) is 18.5 Å². The molecule has 2 aromatic heterocycles. The monoisotopic (exact) mass is 302 g/mol. The third-order valence-corrected chi connectivity index (χ3v) is 4.43. The summed E-state index contributed by atoms with van der Waals surface area (Å²) in [6.45, 7) is 1.82. The Bertz CT molecular complexity index is 633. The van der Waals surface area contributed by atoms with Crippen molar-refractivity contribution < 1.29 is 9.32 Å². The first-order valence-corrected chi connectivity index (χ1v) is 7.71. The Morgan fingerprint density at radius 1 is 1.41 bits per heavy atom. The van der Waals surface area contributed by atoms with Gasteiger partial charge in [0.15, 0.2) is 0 Å². The number of nitrogens with zero attached hydrogens (tertiary/aromatic N) is 3. The minimum absolute atomic E-state index is 0.0485. The van der Waals surface area contributed by atoms with E-state index < -0.39 is 0 Å². The molecule has 0 aliphatic carbocycles. The molecular formula is C16H22N4O2. The van der Waals surface area contributed by atoms with Crippen molar-refractivity contribution in [3.8, 4) is 0 Å². The van der Waals surface area contributed by atoms with Gasteiger partial charge in [0.05, 0.1) is 11.7 Å². The summed E-state index contributed by atoms with van der Waals surface area (Å²) in [5.41, 5.74) is 2.83. The highest BCUT2D eigenvalue weighted by Gasteiger charge is 2.27. The standard InChI is InChI=1S/C16H22N4O2/c1-17-16(21)15-7-6-13(19(15)2)14-5-3-4-9-20(14)11-12-8-10-22-18-12/h6-8,10,14H,3-5,9,11H2,1-2H3,(H,17,21). The molecule has 6 nitrogen and oxygen atoms in total. The molecule has 6 heteroatoms. The van der Waals surface area contributed by atoms with Crippen LogP contribution in [0.25, 0.3) is 0 Å². The van der Waals surface area contributed by atoms with Crippen LogP contribution in [0, 0.1) is 0 Å². The molecule has 118 valence electrons. The van der Waals surface area contributed by atoms with Crippen molar-refractivity contribution >= 4 is 5.91 Å². The van der Waals surface area contributed by atoms with Crippen molar-refractivity contribution in [2.45, 2.75) is 31.8 Å². The maximum atomic E-state index is 11.9. The second-order valence-corrected chi connectivity index (χ2v) is 5.75. The quantitative estimate of drug-likeness (QED) is 0.939. The first kappa shape index (κ1) is 14.8. The lowest BCUT2D eigenvalue weighted by molar-refractivity contribution is 0.0952. The number of rotatable bonds is 4. The number of nitrogens with one attached hydrogen (secondary N) is 1. The second kappa shape index (κ2) is 6.36. The summed E-state index contributed by atoms with van der Waals surface area (Å²) >= 11 is 0. The maximum absolute atomic E-state index is 11.9. The second-order valence-electron chi connectivity index (χ2n) is 5.75. The molecule has 1 amide bonds. The molecule has 3 heterocycles. The average Bonchev–Trinajstić information content (AvgIpc) is 3.17. The van der Waals surface area contributed by atoms with E-state index in [1.54, 1.807) is 13.3 Å². The van der Waals surface area contributed by atoms with Gasteiger partial charge >= 0.3 is 0 Å². The fourth-order valence-electron chi connectivity index (χ4n) is 3.26. The fourth-order valence-corrected chi connectivity index (χ4v) is 3.26. The first-order valence-electron chi connectivity index (χ1n) is 7.71. The molecular weight excluding hydrogens is 280 g/mol. The van der Waals surface area contributed by atoms with Crippen molar-refractivity contribution in [2.24, 2.45) is 7.05 Å². The average molecular weight is 302 g/mol. The smallest absolute Gasteiger partial charge is 0.267 e. The van der Waals surface area contributed by atoms with Crippen molar-refractivity contribution in [2.75, 3.05) is 13.6 Å². The molecule has 3 rings (SSSR count). The zero-order valence-electron chi connectivity index (χ0n) is 13.1. The number of piperidine rings is 1. The van der Waals surface area contributed by atoms with Crippen molar-refractivity contribution in [1.82, 2.24) is 19.9 Å². The summed E-state index contributed by atoms with van der Waals surface area (Å²) in [5.74, 6) is -0.0485. The molecule has 0 aromatic carbocycles. The van der Waals surface area contributed by atoms with Crippen molar-refractivity contribution in [3.05, 3.63) is 41.5 Å². The predicted octanol–water partition coefficient (Wildman–Crippen LogP) is 2.10. The summed E-state index contributed by atoms with van der Waals surface area (Å²) in [4.78, 5) is 14.3. The zero-order chi connectivity index (χ0) is 15.5. The number of likely N-dealkylation sites (tertiary alicyclic amines) is 1. The number of carbonyl (C=O) groups is 1. The number of hydrogen-bond donors (Lipinski definition) is 1. The van der Waals surface area contributed by atoms with Crippen molar-refractivity contribution in [1.29, 1.82) is 0 Å². The van der Waals surface area contributed by atoms with Gasteiger partial charge in [-0.3, -0.25) is 9.69 Å². The number of carbonyl (C=O) groups excluding carboxylic acids is 1. The SMILES string of the molecule is CNC(=O)c1ccc(C2CCCCN2Cc2ccon2)n1C. The van der Waals surface area contributed by atoms with E-state index in [2.05, 4.69) is 21.4 Å². The van der Waals surface area contributed by atoms with E-state index in [0.717, 1.165) is 25.2 Å². The van der Waals surface area contributed by atoms with Crippen LogP contribution in [-0.2, 0) is 13.6 Å². The summed E-state index contributed by atoms with van der Waals surface area (Å²) < 4.78 is 6.94. The largest absolute Gasteiger partial charge is 0.364 e. The Morgan fingerprint density at radius 2 is 2.27 bits per heavy atom. The lowest BCUT2D eigenvalue weighted by Crippen LogP contribution is -2.34. The third-order valence-electron chi connectivity index (χ3n) is 4.43. The fraction of sp³-hybridized carbons (Fsp3) is 0.500. The molecule has 0 spiro atoms. The van der Waals surface area contributed by atoms with Gasteiger partial charge in [0.25, 0.3) is 5.91 Å². The Balaban J connectivity index is 1.84. The lowest BCUT2D eigenvalue weighted by atomic mass is 9.99. The highest BCUT2D eigenvalue weighted by Crippen LogP contribution is 2.32. The van der Waals surface area contributed by atoms with E-state index >= 15 is 0 Å². The zero-order valence-corrected chi connectivity index (χ0v) is 13.1. The first-order chi connectivity index (χ1) is 10.7. The van der Waals surface area contributed by atoms with Gasteiger partial charge in [0.1, 0.15) is 12.0 Å². The van der Waals surface area contributed by atoms with Gasteiger partial charge in [0.2, 0.25) is 0 Å². The summed E-state index contributed by atoms with van der Waals surface area (Å²) in [7, 11) is 3.62. The number of amides is 1. The Morgan fingerprint density at radius 3 is 3.00 bits per heavy atom. The van der Waals surface area contributed by atoms with Gasteiger partial charge in [-0.25, -0.2) is 0 Å². The van der Waals surface area contributed by atoms with E-state index in [0.29, 0.717) is 11.7 Å². The molecule has 1 aliphatic rings. The van der Waals surface area contributed by atoms with Crippen LogP contribution < -0.4 is 5.32 Å². The van der Waals surface area contributed by atoms with Gasteiger partial charge in [-0.1, -0.05) is 11.6 Å². The molecule has 0 bridgehead atoms. The van der Waals surface area contributed by atoms with Crippen LogP contribution in [0.2, 0.25) is 0 Å². The molecule has 0 radical (unpaired) electrons. The van der Waals surface area contributed by atoms with E-state index in [1.807, 2.05) is 23.7 Å². The van der Waals surface area contributed by atoms with Gasteiger partial charge in [0, 0.05) is 32.4 Å². The third kappa shape index (κ3) is 2.78. The summed E-state index contributed by atoms with van der Waals surface area (Å²) in [6.07, 6.45) is 5.12. The molecule has 0 saturated carbocycles. The molecule has 1 N–H and O–H groups in total. The Kier molecular flexibility index (Phi) is 4.29. The normalized spacial score (nSPS) is 19.3. The Hall–Kier alpha value is -2.08. The van der Waals surface area contributed by atoms with Crippen LogP contribution >= 0.6 is 0 Å². The molecule has 22 heavy (non-hydrogen) atoms. The van der Waals surface area contributed by atoms with Crippen LogP contribution in [0.3, 0.4) is 0 Å². The highest BCUT2D eigenvalue weighted by atomic mass is 16.5. The van der Waals surface area contributed by atoms with Gasteiger partial charge in [-0.05, 0) is 31.5 Å². The number of hydrogen-bond acceptors (Lipinski definition) is 4. The van der Waals surface area contributed by atoms with E-state index in [4.69, 9.17) is 4.52 Å². The molecule has 1 aliphatic heterocycles. The van der Waals surface area contributed by atoms with Crippen molar-refractivity contribution in [3.63, 3.8) is 0 Å². The minimum atomic E-state index is -0.0485. The van der Waals surface area contributed by atoms with E-state index in [9.17, 15) is 4.79 Å². The molecule has 2 aromatic rings.